The summed E-state index contributed by atoms with van der Waals surface area (Å²) in [5.74, 6) is 1.31. The van der Waals surface area contributed by atoms with Crippen molar-refractivity contribution in [2.45, 2.75) is 44.5 Å². The molecule has 0 radical (unpaired) electrons. The Morgan fingerprint density at radius 1 is 1.39 bits per heavy atom. The highest BCUT2D eigenvalue weighted by molar-refractivity contribution is 5.79. The topological polar surface area (TPSA) is 54.9 Å². The number of aliphatic imine (C=N–C) groups is 1. The normalized spacial score (nSPS) is 36.9. The first-order chi connectivity index (χ1) is 8.67. The van der Waals surface area contributed by atoms with Crippen molar-refractivity contribution < 1.29 is 9.47 Å². The van der Waals surface area contributed by atoms with Gasteiger partial charge in [-0.2, -0.15) is 0 Å². The van der Waals surface area contributed by atoms with Gasteiger partial charge in [-0.1, -0.05) is 6.92 Å². The van der Waals surface area contributed by atoms with E-state index in [0.29, 0.717) is 6.61 Å². The Bertz CT molecular complexity index is 299. The maximum Gasteiger partial charge on any atom is 0.190 e. The summed E-state index contributed by atoms with van der Waals surface area (Å²) in [5.41, 5.74) is 0. The molecule has 0 unspecified atom stereocenters. The molecule has 5 nitrogen and oxygen atoms in total. The van der Waals surface area contributed by atoms with E-state index in [1.54, 1.807) is 7.05 Å². The number of nitrogens with one attached hydrogen (secondary N) is 2. The van der Waals surface area contributed by atoms with Crippen LogP contribution in [0.2, 0.25) is 0 Å². The first kappa shape index (κ1) is 13.6. The van der Waals surface area contributed by atoms with Gasteiger partial charge in [0.2, 0.25) is 0 Å². The fraction of sp³-hybridized carbons (Fsp3) is 0.923. The van der Waals surface area contributed by atoms with Crippen LogP contribution in [-0.4, -0.2) is 45.1 Å². The average molecular weight is 255 g/mol. The third kappa shape index (κ3) is 3.14. The molecule has 1 aliphatic carbocycles. The van der Waals surface area contributed by atoms with Gasteiger partial charge in [0.1, 0.15) is 6.10 Å². The first-order valence-electron chi connectivity index (χ1n) is 6.87. The second kappa shape index (κ2) is 5.89. The Balaban J connectivity index is 1.78. The molecule has 2 N–H and O–H groups in total. The number of guanidine groups is 1. The van der Waals surface area contributed by atoms with Crippen molar-refractivity contribution in [2.24, 2.45) is 10.9 Å². The second-order valence-corrected chi connectivity index (χ2v) is 5.35. The molecule has 1 saturated heterocycles. The lowest BCUT2D eigenvalue weighted by Gasteiger charge is -2.34. The van der Waals surface area contributed by atoms with Gasteiger partial charge in [-0.15, -0.1) is 0 Å². The molecule has 2 aliphatic rings. The van der Waals surface area contributed by atoms with Gasteiger partial charge in [-0.25, -0.2) is 0 Å². The molecule has 5 heteroatoms. The molecule has 1 heterocycles. The Hall–Kier alpha value is -0.810. The lowest BCUT2D eigenvalue weighted by molar-refractivity contribution is -0.191. The Morgan fingerprint density at radius 3 is 2.72 bits per heavy atom. The van der Waals surface area contributed by atoms with Crippen LogP contribution in [0.3, 0.4) is 0 Å². The minimum absolute atomic E-state index is 0.128. The van der Waals surface area contributed by atoms with Gasteiger partial charge >= 0.3 is 0 Å². The summed E-state index contributed by atoms with van der Waals surface area (Å²) < 4.78 is 12.0. The SMILES string of the molecule is CN=C(NC)NC[C@H]1COC2(CCC(C)CC2)O1. The van der Waals surface area contributed by atoms with Gasteiger partial charge < -0.3 is 20.1 Å². The van der Waals surface area contributed by atoms with Crippen LogP contribution in [0.4, 0.5) is 0 Å². The zero-order valence-corrected chi connectivity index (χ0v) is 11.7. The fourth-order valence-corrected chi connectivity index (χ4v) is 2.67. The third-order valence-corrected chi connectivity index (χ3v) is 3.91. The van der Waals surface area contributed by atoms with Crippen molar-refractivity contribution >= 4 is 5.96 Å². The van der Waals surface area contributed by atoms with Gasteiger partial charge in [0.25, 0.3) is 0 Å². The molecule has 0 bridgehead atoms. The number of rotatable bonds is 2. The van der Waals surface area contributed by atoms with Crippen molar-refractivity contribution in [3.63, 3.8) is 0 Å². The van der Waals surface area contributed by atoms with E-state index in [9.17, 15) is 0 Å². The minimum Gasteiger partial charge on any atom is -0.359 e. The Labute approximate surface area is 109 Å². The molecule has 104 valence electrons. The van der Waals surface area contributed by atoms with Crippen molar-refractivity contribution in [3.05, 3.63) is 0 Å². The molecule has 1 spiro atoms. The van der Waals surface area contributed by atoms with Crippen molar-refractivity contribution in [1.29, 1.82) is 0 Å². The summed E-state index contributed by atoms with van der Waals surface area (Å²) in [4.78, 5) is 4.08. The van der Waals surface area contributed by atoms with E-state index >= 15 is 0 Å². The fourth-order valence-electron chi connectivity index (χ4n) is 2.67. The number of hydrogen-bond donors (Lipinski definition) is 2. The van der Waals surface area contributed by atoms with E-state index in [1.165, 1.54) is 12.8 Å². The molecule has 2 fully saturated rings. The minimum atomic E-state index is -0.290. The number of ether oxygens (including phenoxy) is 2. The molecular formula is C13H25N3O2. The van der Waals surface area contributed by atoms with Gasteiger partial charge in [-0.05, 0) is 18.8 Å². The van der Waals surface area contributed by atoms with Gasteiger partial charge in [0.15, 0.2) is 11.7 Å². The molecule has 1 saturated carbocycles. The van der Waals surface area contributed by atoms with E-state index in [1.807, 2.05) is 7.05 Å². The van der Waals surface area contributed by atoms with Crippen LogP contribution in [0.1, 0.15) is 32.6 Å². The van der Waals surface area contributed by atoms with Crippen LogP contribution in [0.25, 0.3) is 0 Å². The largest absolute Gasteiger partial charge is 0.359 e. The lowest BCUT2D eigenvalue weighted by atomic mass is 9.86. The average Bonchev–Trinajstić information content (AvgIpc) is 2.78. The van der Waals surface area contributed by atoms with Gasteiger partial charge in [0, 0.05) is 33.5 Å². The van der Waals surface area contributed by atoms with Crippen LogP contribution in [0.15, 0.2) is 4.99 Å². The van der Waals surface area contributed by atoms with Gasteiger partial charge in [-0.3, -0.25) is 4.99 Å². The molecule has 0 aromatic rings. The van der Waals surface area contributed by atoms with Gasteiger partial charge in [0.05, 0.1) is 6.61 Å². The van der Waals surface area contributed by atoms with E-state index in [4.69, 9.17) is 9.47 Å². The summed E-state index contributed by atoms with van der Waals surface area (Å²) in [6, 6.07) is 0. The third-order valence-electron chi connectivity index (χ3n) is 3.91. The molecule has 0 amide bonds. The molecule has 0 aromatic heterocycles. The maximum atomic E-state index is 6.11. The Kier molecular flexibility index (Phi) is 4.45. The highest BCUT2D eigenvalue weighted by atomic mass is 16.7. The lowest BCUT2D eigenvalue weighted by Crippen LogP contribution is -2.41. The van der Waals surface area contributed by atoms with E-state index in [-0.39, 0.29) is 11.9 Å². The van der Waals surface area contributed by atoms with Crippen molar-refractivity contribution in [2.75, 3.05) is 27.2 Å². The summed E-state index contributed by atoms with van der Waals surface area (Å²) in [6.07, 6.45) is 4.61. The summed E-state index contributed by atoms with van der Waals surface area (Å²) in [5, 5.41) is 6.22. The zero-order valence-electron chi connectivity index (χ0n) is 11.7. The number of nitrogens with zero attached hydrogens (tertiary/aromatic N) is 1. The molecule has 1 aliphatic heterocycles. The molecule has 1 atom stereocenters. The molecule has 2 rings (SSSR count). The predicted molar refractivity (Wildman–Crippen MR) is 71.6 cm³/mol. The van der Waals surface area contributed by atoms with Crippen molar-refractivity contribution in [3.8, 4) is 0 Å². The molecule has 18 heavy (non-hydrogen) atoms. The smallest absolute Gasteiger partial charge is 0.190 e. The van der Waals surface area contributed by atoms with Crippen molar-refractivity contribution in [1.82, 2.24) is 10.6 Å². The quantitative estimate of drug-likeness (QED) is 0.573. The van der Waals surface area contributed by atoms with E-state index in [0.717, 1.165) is 31.3 Å². The van der Waals surface area contributed by atoms with E-state index < -0.39 is 0 Å². The highest BCUT2D eigenvalue weighted by Crippen LogP contribution is 2.39. The zero-order chi connectivity index (χ0) is 13.0. The molecular weight excluding hydrogens is 230 g/mol. The van der Waals surface area contributed by atoms with Crippen LogP contribution >= 0.6 is 0 Å². The first-order valence-corrected chi connectivity index (χ1v) is 6.87. The monoisotopic (exact) mass is 255 g/mol. The van der Waals surface area contributed by atoms with Crippen LogP contribution < -0.4 is 10.6 Å². The standard InChI is InChI=1S/C13H25N3O2/c1-10-4-6-13(7-5-10)17-9-11(18-13)8-16-12(14-2)15-3/h10-11H,4-9H2,1-3H3,(H2,14,15,16)/t10?,11-,13?/m0/s1. The van der Waals surface area contributed by atoms with Crippen LogP contribution in [0.5, 0.6) is 0 Å². The summed E-state index contributed by atoms with van der Waals surface area (Å²) in [6.45, 7) is 3.73. The molecule has 0 aromatic carbocycles. The van der Waals surface area contributed by atoms with Crippen LogP contribution in [-0.2, 0) is 9.47 Å². The summed E-state index contributed by atoms with van der Waals surface area (Å²) >= 11 is 0. The predicted octanol–water partition coefficient (Wildman–Crippen LogP) is 1.10. The second-order valence-electron chi connectivity index (χ2n) is 5.35. The maximum absolute atomic E-state index is 6.11. The van der Waals surface area contributed by atoms with Crippen LogP contribution in [0, 0.1) is 5.92 Å². The Morgan fingerprint density at radius 2 is 2.11 bits per heavy atom. The van der Waals surface area contributed by atoms with E-state index in [2.05, 4.69) is 22.5 Å². The highest BCUT2D eigenvalue weighted by Gasteiger charge is 2.43. The summed E-state index contributed by atoms with van der Waals surface area (Å²) in [7, 11) is 3.61. The number of hydrogen-bond acceptors (Lipinski definition) is 3.